The van der Waals surface area contributed by atoms with E-state index in [4.69, 9.17) is 10.5 Å². The Morgan fingerprint density at radius 2 is 1.57 bits per heavy atom. The quantitative estimate of drug-likeness (QED) is 0.169. The monoisotopic (exact) mass is 596 g/mol. The molecule has 214 valence electrons. The fourth-order valence-corrected chi connectivity index (χ4v) is 5.57. The summed E-state index contributed by atoms with van der Waals surface area (Å²) in [4.78, 5) is 21.5. The fraction of sp³-hybridized carbons (Fsp3) is 0.143. The largest absolute Gasteiger partial charge is 0.457 e. The van der Waals surface area contributed by atoms with Crippen LogP contribution in [0.4, 0.5) is 23.4 Å². The van der Waals surface area contributed by atoms with Crippen molar-refractivity contribution in [2.24, 2.45) is 0 Å². The number of halogens is 4. The maximum Gasteiger partial charge on any atom is 0.258 e. The van der Waals surface area contributed by atoms with Crippen LogP contribution in [0.5, 0.6) is 11.5 Å². The molecule has 14 heteroatoms. The highest BCUT2D eigenvalue weighted by Crippen LogP contribution is 2.36. The summed E-state index contributed by atoms with van der Waals surface area (Å²) in [7, 11) is -2.32. The number of amides is 1. The SMILES string of the molecule is CS(=O)c1c(F)c(F)c(F)c(F)c1C(=O)N1CC(n2nc(-c3ccc(Oc4ccccc4)cc3)c3c(N)ncnc32)C1. The number of nitrogens with zero attached hydrogens (tertiary/aromatic N) is 5. The van der Waals surface area contributed by atoms with E-state index in [0.717, 1.165) is 11.2 Å². The fourth-order valence-electron chi connectivity index (χ4n) is 4.76. The summed E-state index contributed by atoms with van der Waals surface area (Å²) in [6.07, 6.45) is 2.20. The van der Waals surface area contributed by atoms with E-state index >= 15 is 0 Å². The third-order valence-electron chi connectivity index (χ3n) is 6.85. The zero-order valence-electron chi connectivity index (χ0n) is 21.7. The van der Waals surface area contributed by atoms with Crippen molar-refractivity contribution < 1.29 is 31.3 Å². The number of hydrogen-bond donors (Lipinski definition) is 1. The number of likely N-dealkylation sites (tertiary alicyclic amines) is 1. The molecule has 0 spiro atoms. The molecule has 1 amide bonds. The van der Waals surface area contributed by atoms with Crippen LogP contribution in [0.15, 0.2) is 65.8 Å². The van der Waals surface area contributed by atoms with Crippen LogP contribution in [0.25, 0.3) is 22.3 Å². The van der Waals surface area contributed by atoms with Crippen LogP contribution in [-0.4, -0.2) is 54.1 Å². The Kier molecular flexibility index (Phi) is 6.85. The second-order valence-electron chi connectivity index (χ2n) is 9.47. The lowest BCUT2D eigenvalue weighted by atomic mass is 10.1. The van der Waals surface area contributed by atoms with E-state index in [9.17, 15) is 26.6 Å². The minimum Gasteiger partial charge on any atom is -0.457 e. The predicted octanol–water partition coefficient (Wildman–Crippen LogP) is 4.86. The summed E-state index contributed by atoms with van der Waals surface area (Å²) in [5.41, 5.74) is 6.60. The average molecular weight is 597 g/mol. The molecule has 3 heterocycles. The highest BCUT2D eigenvalue weighted by atomic mass is 32.2. The van der Waals surface area contributed by atoms with Crippen molar-refractivity contribution in [3.05, 3.63) is 89.8 Å². The Bertz CT molecular complexity index is 1880. The molecule has 1 atom stereocenters. The Balaban J connectivity index is 1.29. The molecule has 1 aliphatic heterocycles. The molecule has 42 heavy (non-hydrogen) atoms. The van der Waals surface area contributed by atoms with Gasteiger partial charge in [0, 0.05) is 24.9 Å². The average Bonchev–Trinajstić information content (AvgIpc) is 3.34. The molecule has 0 aliphatic carbocycles. The van der Waals surface area contributed by atoms with E-state index < -0.39 is 56.5 Å². The summed E-state index contributed by atoms with van der Waals surface area (Å²) < 4.78 is 76.2. The second kappa shape index (κ2) is 10.5. The summed E-state index contributed by atoms with van der Waals surface area (Å²) in [5.74, 6) is -7.76. The minimum atomic E-state index is -2.32. The summed E-state index contributed by atoms with van der Waals surface area (Å²) in [5, 5.41) is 5.16. The van der Waals surface area contributed by atoms with Gasteiger partial charge in [-0.2, -0.15) is 5.10 Å². The number of carbonyl (C=O) groups excluding carboxylic acids is 1. The number of carbonyl (C=O) groups is 1. The van der Waals surface area contributed by atoms with E-state index in [1.165, 1.54) is 6.33 Å². The summed E-state index contributed by atoms with van der Waals surface area (Å²) in [6, 6.07) is 15.9. The normalized spacial score (nSPS) is 14.2. The minimum absolute atomic E-state index is 0.0569. The van der Waals surface area contributed by atoms with Crippen LogP contribution >= 0.6 is 0 Å². The molecule has 6 rings (SSSR count). The van der Waals surface area contributed by atoms with Crippen molar-refractivity contribution in [3.63, 3.8) is 0 Å². The molecule has 1 unspecified atom stereocenters. The highest BCUT2D eigenvalue weighted by Gasteiger charge is 2.40. The van der Waals surface area contributed by atoms with E-state index in [1.54, 1.807) is 28.9 Å². The standard InChI is InChI=1S/C28H20F4N6O3S/c1-42(40)25-18(20(29)21(30)22(31)23(25)32)28(39)37-11-15(12-37)38-27-19(26(33)34-13-35-27)24(36-38)14-7-9-17(10-8-14)41-16-5-3-2-4-6-16/h2-10,13,15H,11-12H2,1H3,(H2,33,34,35). The lowest BCUT2D eigenvalue weighted by molar-refractivity contribution is 0.0496. The second-order valence-corrected chi connectivity index (χ2v) is 10.8. The van der Waals surface area contributed by atoms with Gasteiger partial charge in [0.15, 0.2) is 28.9 Å². The smallest absolute Gasteiger partial charge is 0.258 e. The maximum absolute atomic E-state index is 14.6. The van der Waals surface area contributed by atoms with Crippen molar-refractivity contribution in [3.8, 4) is 22.8 Å². The van der Waals surface area contributed by atoms with Gasteiger partial charge in [0.1, 0.15) is 29.3 Å². The molecule has 0 radical (unpaired) electrons. The van der Waals surface area contributed by atoms with Crippen LogP contribution in [-0.2, 0) is 10.8 Å². The first-order valence-electron chi connectivity index (χ1n) is 12.5. The van der Waals surface area contributed by atoms with Gasteiger partial charge in [-0.1, -0.05) is 18.2 Å². The summed E-state index contributed by atoms with van der Waals surface area (Å²) in [6.45, 7) is -0.114. The first-order chi connectivity index (χ1) is 20.2. The molecule has 2 N–H and O–H groups in total. The maximum atomic E-state index is 14.6. The van der Waals surface area contributed by atoms with Crippen LogP contribution < -0.4 is 10.5 Å². The number of benzene rings is 3. The lowest BCUT2D eigenvalue weighted by Crippen LogP contribution is -2.51. The number of anilines is 1. The highest BCUT2D eigenvalue weighted by molar-refractivity contribution is 7.84. The number of nitrogens with two attached hydrogens (primary N) is 1. The number of rotatable bonds is 6. The third-order valence-corrected chi connectivity index (χ3v) is 7.80. The number of ether oxygens (including phenoxy) is 1. The van der Waals surface area contributed by atoms with E-state index in [0.29, 0.717) is 33.8 Å². The number of para-hydroxylation sites is 1. The number of hydrogen-bond acceptors (Lipinski definition) is 7. The van der Waals surface area contributed by atoms with Crippen molar-refractivity contribution in [1.82, 2.24) is 24.6 Å². The lowest BCUT2D eigenvalue weighted by Gasteiger charge is -2.39. The summed E-state index contributed by atoms with van der Waals surface area (Å²) >= 11 is 0. The van der Waals surface area contributed by atoms with Gasteiger partial charge >= 0.3 is 0 Å². The molecule has 0 saturated carbocycles. The molecule has 5 aromatic rings. The van der Waals surface area contributed by atoms with Gasteiger partial charge in [-0.3, -0.25) is 9.00 Å². The first-order valence-corrected chi connectivity index (χ1v) is 14.0. The topological polar surface area (TPSA) is 116 Å². The Morgan fingerprint density at radius 1 is 0.929 bits per heavy atom. The predicted molar refractivity (Wildman–Crippen MR) is 145 cm³/mol. The molecule has 1 saturated heterocycles. The number of aromatic nitrogens is 4. The van der Waals surface area contributed by atoms with Crippen LogP contribution in [0.1, 0.15) is 16.4 Å². The molecule has 1 aliphatic rings. The molecular formula is C28H20F4N6O3S. The molecule has 3 aromatic carbocycles. The van der Waals surface area contributed by atoms with Crippen LogP contribution in [0.2, 0.25) is 0 Å². The molecule has 1 fully saturated rings. The van der Waals surface area contributed by atoms with Gasteiger partial charge in [0.25, 0.3) is 5.91 Å². The van der Waals surface area contributed by atoms with E-state index in [1.807, 2.05) is 30.3 Å². The van der Waals surface area contributed by atoms with Crippen LogP contribution in [0, 0.1) is 23.3 Å². The Morgan fingerprint density at radius 3 is 2.24 bits per heavy atom. The molecular weight excluding hydrogens is 576 g/mol. The van der Waals surface area contributed by atoms with Gasteiger partial charge in [-0.25, -0.2) is 32.2 Å². The molecule has 9 nitrogen and oxygen atoms in total. The van der Waals surface area contributed by atoms with Crippen molar-refractivity contribution >= 4 is 33.6 Å². The number of nitrogen functional groups attached to an aromatic ring is 1. The molecule has 0 bridgehead atoms. The van der Waals surface area contributed by atoms with Crippen molar-refractivity contribution in [2.75, 3.05) is 25.1 Å². The van der Waals surface area contributed by atoms with Crippen LogP contribution in [0.3, 0.4) is 0 Å². The number of fused-ring (bicyclic) bond motifs is 1. The van der Waals surface area contributed by atoms with Crippen molar-refractivity contribution in [1.29, 1.82) is 0 Å². The Labute approximate surface area is 238 Å². The van der Waals surface area contributed by atoms with Gasteiger partial charge in [-0.15, -0.1) is 0 Å². The third kappa shape index (κ3) is 4.53. The van der Waals surface area contributed by atoms with Gasteiger partial charge in [0.05, 0.1) is 32.7 Å². The van der Waals surface area contributed by atoms with Crippen molar-refractivity contribution in [2.45, 2.75) is 10.9 Å². The molecule has 2 aromatic heterocycles. The van der Waals surface area contributed by atoms with E-state index in [-0.39, 0.29) is 18.9 Å². The Hall–Kier alpha value is -4.85. The van der Waals surface area contributed by atoms with Gasteiger partial charge in [0.2, 0.25) is 0 Å². The van der Waals surface area contributed by atoms with Gasteiger partial charge < -0.3 is 15.4 Å². The zero-order chi connectivity index (χ0) is 29.7. The zero-order valence-corrected chi connectivity index (χ0v) is 22.5. The van der Waals surface area contributed by atoms with E-state index in [2.05, 4.69) is 15.1 Å². The first kappa shape index (κ1) is 27.3. The van der Waals surface area contributed by atoms with Gasteiger partial charge in [-0.05, 0) is 36.4 Å².